The SMILES string of the molecule is CCOC(=O)c1ccc(NC(=O)C2(C(=O)NC(C)c3ccccc3)CC2)cc1. The van der Waals surface area contributed by atoms with Crippen molar-refractivity contribution in [2.75, 3.05) is 11.9 Å². The number of carbonyl (C=O) groups is 3. The number of nitrogens with one attached hydrogen (secondary N) is 2. The van der Waals surface area contributed by atoms with Crippen molar-refractivity contribution < 1.29 is 19.1 Å². The predicted octanol–water partition coefficient (Wildman–Crippen LogP) is 3.46. The molecule has 3 rings (SSSR count). The van der Waals surface area contributed by atoms with E-state index in [1.807, 2.05) is 37.3 Å². The maximum absolute atomic E-state index is 12.7. The number of amides is 2. The van der Waals surface area contributed by atoms with Crippen LogP contribution >= 0.6 is 0 Å². The fraction of sp³-hybridized carbons (Fsp3) is 0.318. The highest BCUT2D eigenvalue weighted by molar-refractivity contribution is 6.13. The fourth-order valence-corrected chi connectivity index (χ4v) is 3.00. The van der Waals surface area contributed by atoms with Crippen LogP contribution in [0.2, 0.25) is 0 Å². The van der Waals surface area contributed by atoms with E-state index in [1.165, 1.54) is 0 Å². The van der Waals surface area contributed by atoms with Gasteiger partial charge in [-0.15, -0.1) is 0 Å². The summed E-state index contributed by atoms with van der Waals surface area (Å²) in [6.07, 6.45) is 1.04. The van der Waals surface area contributed by atoms with E-state index < -0.39 is 11.4 Å². The van der Waals surface area contributed by atoms with Crippen LogP contribution in [0.1, 0.15) is 48.7 Å². The summed E-state index contributed by atoms with van der Waals surface area (Å²) >= 11 is 0. The topological polar surface area (TPSA) is 84.5 Å². The van der Waals surface area contributed by atoms with E-state index in [-0.39, 0.29) is 17.9 Å². The van der Waals surface area contributed by atoms with E-state index in [0.717, 1.165) is 5.56 Å². The summed E-state index contributed by atoms with van der Waals surface area (Å²) in [5, 5.41) is 5.73. The molecule has 2 aromatic rings. The number of esters is 1. The quantitative estimate of drug-likeness (QED) is 0.569. The molecule has 6 nitrogen and oxygen atoms in total. The Kier molecular flexibility index (Phi) is 5.78. The molecule has 2 aromatic carbocycles. The number of hydrogen-bond acceptors (Lipinski definition) is 4. The molecule has 6 heteroatoms. The normalized spacial score (nSPS) is 15.2. The zero-order valence-corrected chi connectivity index (χ0v) is 16.0. The number of anilines is 1. The van der Waals surface area contributed by atoms with Gasteiger partial charge in [0.25, 0.3) is 0 Å². The molecular formula is C22H24N2O4. The van der Waals surface area contributed by atoms with Crippen molar-refractivity contribution >= 4 is 23.5 Å². The van der Waals surface area contributed by atoms with E-state index in [2.05, 4.69) is 10.6 Å². The first kappa shape index (κ1) is 19.6. The number of benzene rings is 2. The molecule has 1 aliphatic rings. The van der Waals surface area contributed by atoms with E-state index in [9.17, 15) is 14.4 Å². The Balaban J connectivity index is 1.62. The van der Waals surface area contributed by atoms with Crippen molar-refractivity contribution in [3.8, 4) is 0 Å². The van der Waals surface area contributed by atoms with E-state index in [0.29, 0.717) is 30.7 Å². The van der Waals surface area contributed by atoms with Gasteiger partial charge in [0.2, 0.25) is 11.8 Å². The summed E-state index contributed by atoms with van der Waals surface area (Å²) in [6, 6.07) is 15.9. The van der Waals surface area contributed by atoms with Crippen molar-refractivity contribution in [1.29, 1.82) is 0 Å². The molecule has 1 atom stereocenters. The van der Waals surface area contributed by atoms with Crippen LogP contribution in [0.4, 0.5) is 5.69 Å². The van der Waals surface area contributed by atoms with Gasteiger partial charge in [0, 0.05) is 5.69 Å². The molecule has 0 aromatic heterocycles. The van der Waals surface area contributed by atoms with Gasteiger partial charge in [-0.2, -0.15) is 0 Å². The highest BCUT2D eigenvalue weighted by atomic mass is 16.5. The van der Waals surface area contributed by atoms with Crippen LogP contribution in [0.5, 0.6) is 0 Å². The number of ether oxygens (including phenoxy) is 1. The molecule has 0 spiro atoms. The van der Waals surface area contributed by atoms with Gasteiger partial charge in [0.05, 0.1) is 18.2 Å². The second-order valence-corrected chi connectivity index (χ2v) is 6.94. The first-order valence-electron chi connectivity index (χ1n) is 9.41. The molecule has 0 heterocycles. The maximum Gasteiger partial charge on any atom is 0.338 e. The van der Waals surface area contributed by atoms with Gasteiger partial charge in [-0.1, -0.05) is 30.3 Å². The Labute approximate surface area is 164 Å². The van der Waals surface area contributed by atoms with Gasteiger partial charge >= 0.3 is 5.97 Å². The van der Waals surface area contributed by atoms with Crippen molar-refractivity contribution in [2.24, 2.45) is 5.41 Å². The standard InChI is InChI=1S/C22H24N2O4/c1-3-28-19(25)17-9-11-18(12-10-17)24-21(27)22(13-14-22)20(26)23-15(2)16-7-5-4-6-8-16/h4-12,15H,3,13-14H2,1-2H3,(H,23,26)(H,24,27). The van der Waals surface area contributed by atoms with E-state index >= 15 is 0 Å². The summed E-state index contributed by atoms with van der Waals surface area (Å²) < 4.78 is 4.94. The Hall–Kier alpha value is -3.15. The minimum atomic E-state index is -1.02. The lowest BCUT2D eigenvalue weighted by Crippen LogP contribution is -2.41. The molecule has 1 unspecified atom stereocenters. The number of carbonyl (C=O) groups excluding carboxylic acids is 3. The van der Waals surface area contributed by atoms with Crippen LogP contribution in [0.3, 0.4) is 0 Å². The molecular weight excluding hydrogens is 356 g/mol. The molecule has 2 N–H and O–H groups in total. The molecule has 2 amide bonds. The highest BCUT2D eigenvalue weighted by Gasteiger charge is 2.56. The summed E-state index contributed by atoms with van der Waals surface area (Å²) in [6.45, 7) is 3.94. The van der Waals surface area contributed by atoms with Crippen molar-refractivity contribution in [1.82, 2.24) is 5.32 Å². The van der Waals surface area contributed by atoms with Crippen molar-refractivity contribution in [3.05, 3.63) is 65.7 Å². The third-order valence-electron chi connectivity index (χ3n) is 4.92. The Morgan fingerprint density at radius 2 is 1.64 bits per heavy atom. The summed E-state index contributed by atoms with van der Waals surface area (Å²) in [7, 11) is 0. The zero-order chi connectivity index (χ0) is 20.1. The summed E-state index contributed by atoms with van der Waals surface area (Å²) in [5.74, 6) is -0.994. The van der Waals surface area contributed by atoms with Gasteiger partial charge in [-0.3, -0.25) is 9.59 Å². The van der Waals surface area contributed by atoms with E-state index in [4.69, 9.17) is 4.74 Å². The molecule has 0 radical (unpaired) electrons. The van der Waals surface area contributed by atoms with Crippen LogP contribution in [0, 0.1) is 5.41 Å². The maximum atomic E-state index is 12.7. The Morgan fingerprint density at radius 3 is 2.21 bits per heavy atom. The van der Waals surface area contributed by atoms with Gasteiger partial charge < -0.3 is 15.4 Å². The number of rotatable bonds is 7. The first-order valence-corrected chi connectivity index (χ1v) is 9.41. The lowest BCUT2D eigenvalue weighted by atomic mass is 10.0. The lowest BCUT2D eigenvalue weighted by Gasteiger charge is -2.20. The van der Waals surface area contributed by atoms with Crippen LogP contribution in [-0.4, -0.2) is 24.4 Å². The average Bonchev–Trinajstić information content (AvgIpc) is 3.51. The minimum Gasteiger partial charge on any atom is -0.462 e. The molecule has 146 valence electrons. The molecule has 1 aliphatic carbocycles. The second-order valence-electron chi connectivity index (χ2n) is 6.94. The summed E-state index contributed by atoms with van der Waals surface area (Å²) in [4.78, 5) is 37.1. The third-order valence-corrected chi connectivity index (χ3v) is 4.92. The largest absolute Gasteiger partial charge is 0.462 e. The summed E-state index contributed by atoms with van der Waals surface area (Å²) in [5.41, 5.74) is 0.910. The van der Waals surface area contributed by atoms with Gasteiger partial charge in [0.1, 0.15) is 5.41 Å². The molecule has 0 aliphatic heterocycles. The molecule has 28 heavy (non-hydrogen) atoms. The molecule has 0 bridgehead atoms. The lowest BCUT2D eigenvalue weighted by molar-refractivity contribution is -0.134. The Bertz CT molecular complexity index is 858. The van der Waals surface area contributed by atoms with Gasteiger partial charge in [-0.25, -0.2) is 4.79 Å². The van der Waals surface area contributed by atoms with Crippen molar-refractivity contribution in [3.63, 3.8) is 0 Å². The molecule has 0 saturated heterocycles. The van der Waals surface area contributed by atoms with Crippen LogP contribution in [-0.2, 0) is 14.3 Å². The number of hydrogen-bond donors (Lipinski definition) is 2. The van der Waals surface area contributed by atoms with Gasteiger partial charge in [0.15, 0.2) is 0 Å². The van der Waals surface area contributed by atoms with Crippen LogP contribution in [0.25, 0.3) is 0 Å². The van der Waals surface area contributed by atoms with E-state index in [1.54, 1.807) is 31.2 Å². The smallest absolute Gasteiger partial charge is 0.338 e. The van der Waals surface area contributed by atoms with Crippen molar-refractivity contribution in [2.45, 2.75) is 32.7 Å². The fourth-order valence-electron chi connectivity index (χ4n) is 3.00. The molecule has 1 fully saturated rings. The molecule has 1 saturated carbocycles. The zero-order valence-electron chi connectivity index (χ0n) is 16.0. The third kappa shape index (κ3) is 4.22. The van der Waals surface area contributed by atoms with Crippen LogP contribution < -0.4 is 10.6 Å². The highest BCUT2D eigenvalue weighted by Crippen LogP contribution is 2.47. The monoisotopic (exact) mass is 380 g/mol. The predicted molar refractivity (Wildman–Crippen MR) is 106 cm³/mol. The average molecular weight is 380 g/mol. The second kappa shape index (κ2) is 8.25. The first-order chi connectivity index (χ1) is 13.5. The minimum absolute atomic E-state index is 0.178. The van der Waals surface area contributed by atoms with Crippen LogP contribution in [0.15, 0.2) is 54.6 Å². The Morgan fingerprint density at radius 1 is 1.00 bits per heavy atom. The van der Waals surface area contributed by atoms with Gasteiger partial charge in [-0.05, 0) is 56.5 Å².